The topological polar surface area (TPSA) is 38.3 Å². The van der Waals surface area contributed by atoms with Gasteiger partial charge in [-0.05, 0) is 36.4 Å². The number of fused-ring (bicyclic) bond motifs is 1. The molecule has 2 aromatic rings. The van der Waals surface area contributed by atoms with Crippen LogP contribution < -0.4 is 10.1 Å². The summed E-state index contributed by atoms with van der Waals surface area (Å²) in [6.45, 7) is 0.437. The van der Waals surface area contributed by atoms with Gasteiger partial charge in [0.25, 0.3) is 5.91 Å². The summed E-state index contributed by atoms with van der Waals surface area (Å²) in [7, 11) is 0. The van der Waals surface area contributed by atoms with Crippen molar-refractivity contribution in [1.82, 2.24) is 5.32 Å². The fraction of sp³-hybridized carbons (Fsp3) is 0.188. The lowest BCUT2D eigenvalue weighted by atomic mass is 10.00. The van der Waals surface area contributed by atoms with Gasteiger partial charge in [-0.1, -0.05) is 6.07 Å². The average Bonchev–Trinajstić information content (AvgIpc) is 2.48. The molecule has 0 aliphatic carbocycles. The first kappa shape index (κ1) is 13.5. The molecular formula is C16H13F2NO2. The Balaban J connectivity index is 1.83. The molecule has 0 spiro atoms. The summed E-state index contributed by atoms with van der Waals surface area (Å²) < 4.78 is 31.9. The number of ether oxygens (including phenoxy) is 1. The molecule has 0 radical (unpaired) electrons. The Labute approximate surface area is 120 Å². The maximum atomic E-state index is 13.4. The van der Waals surface area contributed by atoms with E-state index in [9.17, 15) is 13.6 Å². The lowest BCUT2D eigenvalue weighted by Crippen LogP contribution is -2.32. The maximum Gasteiger partial charge on any atom is 0.251 e. The first-order chi connectivity index (χ1) is 10.1. The van der Waals surface area contributed by atoms with Crippen molar-refractivity contribution in [2.75, 3.05) is 6.61 Å². The van der Waals surface area contributed by atoms with Crippen molar-refractivity contribution < 1.29 is 18.3 Å². The quantitative estimate of drug-likeness (QED) is 0.922. The molecule has 0 saturated heterocycles. The van der Waals surface area contributed by atoms with Gasteiger partial charge in [-0.15, -0.1) is 0 Å². The Bertz CT molecular complexity index is 688. The van der Waals surface area contributed by atoms with Crippen LogP contribution in [0, 0.1) is 11.6 Å². The Morgan fingerprint density at radius 3 is 2.76 bits per heavy atom. The minimum Gasteiger partial charge on any atom is -0.493 e. The first-order valence-corrected chi connectivity index (χ1v) is 6.62. The Morgan fingerprint density at radius 1 is 1.14 bits per heavy atom. The molecular weight excluding hydrogens is 276 g/mol. The van der Waals surface area contributed by atoms with Crippen LogP contribution in [0.4, 0.5) is 8.78 Å². The molecule has 2 aromatic carbocycles. The lowest BCUT2D eigenvalue weighted by molar-refractivity contribution is 0.0924. The van der Waals surface area contributed by atoms with E-state index in [0.29, 0.717) is 24.3 Å². The second kappa shape index (κ2) is 5.52. The van der Waals surface area contributed by atoms with Crippen molar-refractivity contribution in [3.8, 4) is 5.75 Å². The van der Waals surface area contributed by atoms with Crippen molar-refractivity contribution in [2.45, 2.75) is 12.5 Å². The third-order valence-electron chi connectivity index (χ3n) is 3.40. The van der Waals surface area contributed by atoms with E-state index in [1.165, 1.54) is 36.4 Å². The van der Waals surface area contributed by atoms with E-state index in [-0.39, 0.29) is 17.4 Å². The van der Waals surface area contributed by atoms with E-state index in [1.54, 1.807) is 6.07 Å². The smallest absolute Gasteiger partial charge is 0.251 e. The monoisotopic (exact) mass is 289 g/mol. The van der Waals surface area contributed by atoms with Gasteiger partial charge in [0, 0.05) is 17.5 Å². The van der Waals surface area contributed by atoms with Gasteiger partial charge in [0.15, 0.2) is 0 Å². The number of rotatable bonds is 2. The third kappa shape index (κ3) is 2.86. The lowest BCUT2D eigenvalue weighted by Gasteiger charge is -2.26. The summed E-state index contributed by atoms with van der Waals surface area (Å²) in [5.74, 6) is -0.686. The van der Waals surface area contributed by atoms with E-state index in [4.69, 9.17) is 4.74 Å². The van der Waals surface area contributed by atoms with Gasteiger partial charge in [0.1, 0.15) is 17.4 Å². The summed E-state index contributed by atoms with van der Waals surface area (Å²) in [4.78, 5) is 12.1. The van der Waals surface area contributed by atoms with Crippen molar-refractivity contribution in [3.05, 3.63) is 65.2 Å². The van der Waals surface area contributed by atoms with Gasteiger partial charge in [0.2, 0.25) is 0 Å². The molecule has 21 heavy (non-hydrogen) atoms. The second-order valence-electron chi connectivity index (χ2n) is 4.86. The van der Waals surface area contributed by atoms with E-state index in [1.807, 2.05) is 0 Å². The molecule has 3 rings (SSSR count). The number of hydrogen-bond acceptors (Lipinski definition) is 2. The molecule has 1 N–H and O–H groups in total. The number of carbonyl (C=O) groups is 1. The van der Waals surface area contributed by atoms with Gasteiger partial charge < -0.3 is 10.1 Å². The molecule has 3 nitrogen and oxygen atoms in total. The summed E-state index contributed by atoms with van der Waals surface area (Å²) in [6, 6.07) is 9.31. The second-order valence-corrected chi connectivity index (χ2v) is 4.86. The predicted octanol–water partition coefficient (Wildman–Crippen LogP) is 3.22. The van der Waals surface area contributed by atoms with Gasteiger partial charge in [-0.2, -0.15) is 0 Å². The Morgan fingerprint density at radius 2 is 1.95 bits per heavy atom. The molecule has 1 amide bonds. The molecule has 1 aliphatic heterocycles. The Kier molecular flexibility index (Phi) is 3.56. The van der Waals surface area contributed by atoms with Crippen molar-refractivity contribution in [3.63, 3.8) is 0 Å². The first-order valence-electron chi connectivity index (χ1n) is 6.62. The highest BCUT2D eigenvalue weighted by atomic mass is 19.1. The number of amides is 1. The molecule has 1 aliphatic rings. The summed E-state index contributed by atoms with van der Waals surface area (Å²) in [5.41, 5.74) is 0.838. The number of carbonyl (C=O) groups excluding carboxylic acids is 1. The van der Waals surface area contributed by atoms with Crippen LogP contribution in [0.25, 0.3) is 0 Å². The van der Waals surface area contributed by atoms with E-state index in [2.05, 4.69) is 5.32 Å². The molecule has 1 unspecified atom stereocenters. The highest BCUT2D eigenvalue weighted by Crippen LogP contribution is 2.32. The van der Waals surface area contributed by atoms with Crippen molar-refractivity contribution in [2.24, 2.45) is 0 Å². The molecule has 0 aromatic heterocycles. The van der Waals surface area contributed by atoms with Crippen molar-refractivity contribution >= 4 is 5.91 Å². The molecule has 1 atom stereocenters. The summed E-state index contributed by atoms with van der Waals surface area (Å²) in [5, 5.41) is 2.79. The van der Waals surface area contributed by atoms with Crippen LogP contribution in [0.3, 0.4) is 0 Å². The summed E-state index contributed by atoms with van der Waals surface area (Å²) >= 11 is 0. The van der Waals surface area contributed by atoms with Crippen LogP contribution in [-0.2, 0) is 0 Å². The number of nitrogens with one attached hydrogen (secondary N) is 1. The van der Waals surface area contributed by atoms with Gasteiger partial charge in [0.05, 0.1) is 12.6 Å². The molecule has 0 bridgehead atoms. The van der Waals surface area contributed by atoms with E-state index >= 15 is 0 Å². The van der Waals surface area contributed by atoms with Crippen LogP contribution in [0.5, 0.6) is 5.75 Å². The zero-order valence-electron chi connectivity index (χ0n) is 11.1. The van der Waals surface area contributed by atoms with Crippen LogP contribution in [0.15, 0.2) is 42.5 Å². The summed E-state index contributed by atoms with van der Waals surface area (Å²) in [6.07, 6.45) is 0.539. The minimum atomic E-state index is -0.471. The highest BCUT2D eigenvalue weighted by Gasteiger charge is 2.24. The number of benzene rings is 2. The van der Waals surface area contributed by atoms with E-state index in [0.717, 1.165) is 0 Å². The number of hydrogen-bond donors (Lipinski definition) is 1. The van der Waals surface area contributed by atoms with Gasteiger partial charge in [-0.3, -0.25) is 4.79 Å². The largest absolute Gasteiger partial charge is 0.493 e. The van der Waals surface area contributed by atoms with Crippen LogP contribution >= 0.6 is 0 Å². The standard InChI is InChI=1S/C16H13F2NO2/c17-11-3-1-2-10(8-11)16(20)19-14-6-7-21-15-5-4-12(18)9-13(14)15/h1-5,8-9,14H,6-7H2,(H,19,20). The van der Waals surface area contributed by atoms with Crippen molar-refractivity contribution in [1.29, 1.82) is 0 Å². The predicted molar refractivity (Wildman–Crippen MR) is 73.1 cm³/mol. The Hall–Kier alpha value is -2.43. The normalized spacial score (nSPS) is 16.8. The maximum absolute atomic E-state index is 13.4. The molecule has 0 saturated carbocycles. The van der Waals surface area contributed by atoms with Crippen LogP contribution in [0.1, 0.15) is 28.4 Å². The fourth-order valence-electron chi connectivity index (χ4n) is 2.39. The molecule has 108 valence electrons. The highest BCUT2D eigenvalue weighted by molar-refractivity contribution is 5.94. The average molecular weight is 289 g/mol. The molecule has 1 heterocycles. The number of halogens is 2. The van der Waals surface area contributed by atoms with Gasteiger partial charge >= 0.3 is 0 Å². The molecule has 0 fully saturated rings. The van der Waals surface area contributed by atoms with Crippen LogP contribution in [-0.4, -0.2) is 12.5 Å². The van der Waals surface area contributed by atoms with Crippen LogP contribution in [0.2, 0.25) is 0 Å². The third-order valence-corrected chi connectivity index (χ3v) is 3.40. The van der Waals surface area contributed by atoms with Gasteiger partial charge in [-0.25, -0.2) is 8.78 Å². The zero-order valence-corrected chi connectivity index (χ0v) is 11.1. The SMILES string of the molecule is O=C(NC1CCOc2ccc(F)cc21)c1cccc(F)c1. The molecule has 5 heteroatoms. The fourth-order valence-corrected chi connectivity index (χ4v) is 2.39. The zero-order chi connectivity index (χ0) is 14.8. The van der Waals surface area contributed by atoms with E-state index < -0.39 is 11.7 Å². The minimum absolute atomic E-state index is 0.236.